The summed E-state index contributed by atoms with van der Waals surface area (Å²) in [7, 11) is 1.59. The minimum absolute atomic E-state index is 0.103. The molecule has 4 rings (SSSR count). The maximum absolute atomic E-state index is 12.9. The van der Waals surface area contributed by atoms with E-state index in [1.54, 1.807) is 54.4 Å². The number of anilines is 1. The van der Waals surface area contributed by atoms with Gasteiger partial charge in [-0.3, -0.25) is 14.2 Å². The summed E-state index contributed by atoms with van der Waals surface area (Å²) in [6.45, 7) is 2.03. The van der Waals surface area contributed by atoms with Gasteiger partial charge in [0.25, 0.3) is 0 Å². The van der Waals surface area contributed by atoms with Gasteiger partial charge in [0.2, 0.25) is 11.8 Å². The largest absolute Gasteiger partial charge is 0.497 e. The Morgan fingerprint density at radius 3 is 2.66 bits per heavy atom. The third-order valence-electron chi connectivity index (χ3n) is 5.02. The van der Waals surface area contributed by atoms with E-state index in [0.717, 1.165) is 11.3 Å². The van der Waals surface area contributed by atoms with Gasteiger partial charge in [-0.05, 0) is 43.3 Å². The van der Waals surface area contributed by atoms with Crippen LogP contribution in [0.2, 0.25) is 0 Å². The number of benzene rings is 2. The van der Waals surface area contributed by atoms with E-state index in [1.165, 1.54) is 11.8 Å². The van der Waals surface area contributed by atoms with Gasteiger partial charge in [0.1, 0.15) is 18.1 Å². The van der Waals surface area contributed by atoms with E-state index in [2.05, 4.69) is 15.5 Å². The van der Waals surface area contributed by atoms with E-state index in [9.17, 15) is 9.59 Å². The first-order valence-electron chi connectivity index (χ1n) is 9.97. The van der Waals surface area contributed by atoms with E-state index < -0.39 is 6.04 Å². The lowest BCUT2D eigenvalue weighted by atomic mass is 10.2. The number of carbonyl (C=O) groups is 2. The molecule has 32 heavy (non-hydrogen) atoms. The first kappa shape index (κ1) is 22.2. The third-order valence-corrected chi connectivity index (χ3v) is 6.96. The van der Waals surface area contributed by atoms with Crippen molar-refractivity contribution in [2.45, 2.75) is 18.1 Å². The molecule has 1 N–H and O–H groups in total. The molecule has 1 aliphatic rings. The minimum Gasteiger partial charge on any atom is -0.497 e. The van der Waals surface area contributed by atoms with E-state index in [4.69, 9.17) is 4.74 Å². The number of hydrogen-bond donors (Lipinski definition) is 1. The number of ether oxygens (including phenoxy) is 1. The molecule has 2 amide bonds. The molecule has 1 aliphatic heterocycles. The van der Waals surface area contributed by atoms with Gasteiger partial charge in [-0.25, -0.2) is 0 Å². The maximum Gasteiger partial charge on any atom is 0.248 e. The molecule has 0 radical (unpaired) electrons. The fraction of sp³-hybridized carbons (Fsp3) is 0.273. The van der Waals surface area contributed by atoms with Gasteiger partial charge in [0.05, 0.1) is 18.7 Å². The second-order valence-corrected chi connectivity index (χ2v) is 9.15. The molecule has 0 saturated carbocycles. The van der Waals surface area contributed by atoms with Crippen LogP contribution in [-0.4, -0.2) is 62.0 Å². The number of hydrogen-bond acceptors (Lipinski definition) is 7. The minimum atomic E-state index is -0.509. The Balaban J connectivity index is 1.37. The number of amides is 2. The molecule has 10 heteroatoms. The van der Waals surface area contributed by atoms with E-state index in [0.29, 0.717) is 28.2 Å². The first-order chi connectivity index (χ1) is 15.5. The quantitative estimate of drug-likeness (QED) is 0.532. The molecular formula is C22H23N5O3S2. The Bertz CT molecular complexity index is 1090. The van der Waals surface area contributed by atoms with Gasteiger partial charge in [-0.2, -0.15) is 0 Å². The molecular weight excluding hydrogens is 446 g/mol. The lowest BCUT2D eigenvalue weighted by Crippen LogP contribution is -2.45. The van der Waals surface area contributed by atoms with Crippen molar-refractivity contribution in [3.63, 3.8) is 0 Å². The molecule has 2 aromatic carbocycles. The summed E-state index contributed by atoms with van der Waals surface area (Å²) in [5.74, 6) is 1.65. The number of nitrogens with one attached hydrogen (secondary N) is 1. The second-order valence-electron chi connectivity index (χ2n) is 7.20. The summed E-state index contributed by atoms with van der Waals surface area (Å²) in [6, 6.07) is 14.6. The van der Waals surface area contributed by atoms with Crippen molar-refractivity contribution in [2.24, 2.45) is 0 Å². The van der Waals surface area contributed by atoms with Gasteiger partial charge in [0.15, 0.2) is 5.16 Å². The van der Waals surface area contributed by atoms with E-state index in [1.807, 2.05) is 35.8 Å². The number of rotatable bonds is 7. The van der Waals surface area contributed by atoms with E-state index in [-0.39, 0.29) is 17.6 Å². The molecule has 166 valence electrons. The highest BCUT2D eigenvalue weighted by Gasteiger charge is 2.34. The van der Waals surface area contributed by atoms with Gasteiger partial charge in [-0.15, -0.1) is 22.0 Å². The van der Waals surface area contributed by atoms with Crippen LogP contribution in [-0.2, 0) is 9.59 Å². The highest BCUT2D eigenvalue weighted by molar-refractivity contribution is 8.00. The summed E-state index contributed by atoms with van der Waals surface area (Å²) >= 11 is 2.88. The van der Waals surface area contributed by atoms with E-state index >= 15 is 0 Å². The van der Waals surface area contributed by atoms with Crippen LogP contribution in [0.3, 0.4) is 0 Å². The standard InChI is InChI=1S/C22H23N5O3S2/c1-15-3-7-17(8-4-15)26-13-23-25-22(26)32-12-20(28)27-14-31-11-19(27)21(29)24-16-5-9-18(30-2)10-6-16/h3-10,13,19H,11-12,14H2,1-2H3,(H,24,29). The van der Waals surface area contributed by atoms with Crippen molar-refractivity contribution in [3.05, 3.63) is 60.4 Å². The maximum atomic E-state index is 12.9. The first-order valence-corrected chi connectivity index (χ1v) is 12.1. The summed E-state index contributed by atoms with van der Waals surface area (Å²) in [5, 5.41) is 11.7. The smallest absolute Gasteiger partial charge is 0.248 e. The lowest BCUT2D eigenvalue weighted by Gasteiger charge is -2.23. The Morgan fingerprint density at radius 2 is 1.94 bits per heavy atom. The fourth-order valence-electron chi connectivity index (χ4n) is 3.22. The van der Waals surface area contributed by atoms with Crippen LogP contribution in [0.25, 0.3) is 5.69 Å². The normalized spacial score (nSPS) is 15.6. The number of aromatic nitrogens is 3. The Labute approximate surface area is 194 Å². The molecule has 8 nitrogen and oxygen atoms in total. The van der Waals surface area contributed by atoms with Crippen molar-refractivity contribution in [3.8, 4) is 11.4 Å². The molecule has 2 heterocycles. The van der Waals surface area contributed by atoms with Crippen LogP contribution in [0.15, 0.2) is 60.0 Å². The number of aryl methyl sites for hydroxylation is 1. The van der Waals surface area contributed by atoms with Crippen LogP contribution in [0.5, 0.6) is 5.75 Å². The zero-order chi connectivity index (χ0) is 22.5. The highest BCUT2D eigenvalue weighted by atomic mass is 32.2. The predicted molar refractivity (Wildman–Crippen MR) is 126 cm³/mol. The molecule has 0 aliphatic carbocycles. The summed E-state index contributed by atoms with van der Waals surface area (Å²) in [6.07, 6.45) is 1.63. The molecule has 0 spiro atoms. The number of carbonyl (C=O) groups excluding carboxylic acids is 2. The molecule has 1 aromatic heterocycles. The average Bonchev–Trinajstić information content (AvgIpc) is 3.48. The summed E-state index contributed by atoms with van der Waals surface area (Å²) in [4.78, 5) is 27.4. The van der Waals surface area contributed by atoms with Crippen molar-refractivity contribution < 1.29 is 14.3 Å². The van der Waals surface area contributed by atoms with Crippen LogP contribution in [0.4, 0.5) is 5.69 Å². The SMILES string of the molecule is COc1ccc(NC(=O)C2CSCN2C(=O)CSc2nncn2-c2ccc(C)cc2)cc1. The van der Waals surface area contributed by atoms with Crippen LogP contribution < -0.4 is 10.1 Å². The molecule has 3 aromatic rings. The Morgan fingerprint density at radius 1 is 1.19 bits per heavy atom. The molecule has 1 atom stereocenters. The van der Waals surface area contributed by atoms with Gasteiger partial charge in [-0.1, -0.05) is 29.5 Å². The molecule has 1 unspecified atom stereocenters. The van der Waals surface area contributed by atoms with Crippen LogP contribution in [0.1, 0.15) is 5.56 Å². The van der Waals surface area contributed by atoms with Crippen molar-refractivity contribution >= 4 is 41.0 Å². The van der Waals surface area contributed by atoms with Crippen molar-refractivity contribution in [1.29, 1.82) is 0 Å². The average molecular weight is 470 g/mol. The van der Waals surface area contributed by atoms with Gasteiger partial charge >= 0.3 is 0 Å². The van der Waals surface area contributed by atoms with Gasteiger partial charge < -0.3 is 15.0 Å². The number of thioether (sulfide) groups is 2. The lowest BCUT2D eigenvalue weighted by molar-refractivity contribution is -0.134. The zero-order valence-electron chi connectivity index (χ0n) is 17.7. The highest BCUT2D eigenvalue weighted by Crippen LogP contribution is 2.26. The van der Waals surface area contributed by atoms with Crippen LogP contribution in [0, 0.1) is 6.92 Å². The third kappa shape index (κ3) is 5.08. The van der Waals surface area contributed by atoms with Crippen molar-refractivity contribution in [1.82, 2.24) is 19.7 Å². The van der Waals surface area contributed by atoms with Crippen LogP contribution >= 0.6 is 23.5 Å². The monoisotopic (exact) mass is 469 g/mol. The fourth-order valence-corrected chi connectivity index (χ4v) is 5.22. The number of nitrogens with zero attached hydrogens (tertiary/aromatic N) is 4. The molecule has 0 bridgehead atoms. The summed E-state index contributed by atoms with van der Waals surface area (Å²) in [5.41, 5.74) is 2.77. The van der Waals surface area contributed by atoms with Gasteiger partial charge in [0, 0.05) is 17.1 Å². The molecule has 1 saturated heterocycles. The Hall–Kier alpha value is -2.98. The Kier molecular flexibility index (Phi) is 7.01. The molecule has 1 fully saturated rings. The van der Waals surface area contributed by atoms with Crippen molar-refractivity contribution in [2.75, 3.05) is 29.8 Å². The second kappa shape index (κ2) is 10.1. The predicted octanol–water partition coefficient (Wildman–Crippen LogP) is 3.22. The number of methoxy groups -OCH3 is 1. The topological polar surface area (TPSA) is 89.3 Å². The summed E-state index contributed by atoms with van der Waals surface area (Å²) < 4.78 is 6.99. The zero-order valence-corrected chi connectivity index (χ0v) is 19.4.